The van der Waals surface area contributed by atoms with Gasteiger partial charge in [0, 0.05) is 25.4 Å². The van der Waals surface area contributed by atoms with E-state index in [9.17, 15) is 4.79 Å². The van der Waals surface area contributed by atoms with Crippen molar-refractivity contribution in [1.82, 2.24) is 14.9 Å². The number of carbonyl (C=O) groups excluding carboxylic acids is 1. The first-order valence-corrected chi connectivity index (χ1v) is 11.2. The number of aromatic nitrogens is 2. The third-order valence-electron chi connectivity index (χ3n) is 5.98. The Balaban J connectivity index is 1.37. The van der Waals surface area contributed by atoms with Crippen LogP contribution >= 0.6 is 0 Å². The van der Waals surface area contributed by atoms with E-state index in [4.69, 9.17) is 4.98 Å². The van der Waals surface area contributed by atoms with Crippen molar-refractivity contribution >= 4 is 23.0 Å². The molecule has 0 unspecified atom stereocenters. The van der Waals surface area contributed by atoms with Crippen molar-refractivity contribution in [3.05, 3.63) is 72.1 Å². The molecule has 2 aromatic carbocycles. The normalized spacial score (nSPS) is 15.1. The SMILES string of the molecule is O=C(NCCCc1nc2ccccc2n1C/C=C\c1ccccc1)C1CCCCC1. The average Bonchev–Trinajstić information content (AvgIpc) is 3.15. The maximum absolute atomic E-state index is 12.4. The third kappa shape index (κ3) is 5.18. The predicted molar refractivity (Wildman–Crippen MR) is 123 cm³/mol. The lowest BCUT2D eigenvalue weighted by Gasteiger charge is -2.20. The molecule has 0 spiro atoms. The molecular weight excluding hydrogens is 370 g/mol. The molecule has 0 saturated heterocycles. The van der Waals surface area contributed by atoms with E-state index in [0.717, 1.165) is 55.6 Å². The highest BCUT2D eigenvalue weighted by Crippen LogP contribution is 2.23. The van der Waals surface area contributed by atoms with Crippen LogP contribution < -0.4 is 5.32 Å². The summed E-state index contributed by atoms with van der Waals surface area (Å²) in [6, 6.07) is 18.7. The van der Waals surface area contributed by atoms with Crippen molar-refractivity contribution < 1.29 is 4.79 Å². The maximum atomic E-state index is 12.4. The zero-order valence-electron chi connectivity index (χ0n) is 17.6. The predicted octanol–water partition coefficient (Wildman–Crippen LogP) is 5.38. The number of nitrogens with zero attached hydrogens (tertiary/aromatic N) is 2. The standard InChI is InChI=1S/C26H31N3O/c30-26(22-14-5-2-6-15-22)27-19-9-18-25-28-23-16-7-8-17-24(23)29(25)20-10-13-21-11-3-1-4-12-21/h1,3-4,7-8,10-13,16-17,22H,2,5-6,9,14-15,18-20H2,(H,27,30)/b13-10-. The van der Waals surface area contributed by atoms with Crippen LogP contribution in [0.15, 0.2) is 60.7 Å². The van der Waals surface area contributed by atoms with Gasteiger partial charge in [-0.2, -0.15) is 0 Å². The molecule has 0 radical (unpaired) electrons. The molecule has 156 valence electrons. The van der Waals surface area contributed by atoms with Gasteiger partial charge in [0.25, 0.3) is 0 Å². The lowest BCUT2D eigenvalue weighted by atomic mass is 9.89. The maximum Gasteiger partial charge on any atom is 0.223 e. The van der Waals surface area contributed by atoms with Gasteiger partial charge in [-0.25, -0.2) is 4.98 Å². The smallest absolute Gasteiger partial charge is 0.223 e. The highest BCUT2D eigenvalue weighted by Gasteiger charge is 2.20. The van der Waals surface area contributed by atoms with Gasteiger partial charge in [-0.3, -0.25) is 4.79 Å². The minimum atomic E-state index is 0.228. The summed E-state index contributed by atoms with van der Waals surface area (Å²) >= 11 is 0. The highest BCUT2D eigenvalue weighted by molar-refractivity contribution is 5.78. The number of hydrogen-bond acceptors (Lipinski definition) is 2. The lowest BCUT2D eigenvalue weighted by molar-refractivity contribution is -0.125. The molecule has 1 fully saturated rings. The van der Waals surface area contributed by atoms with E-state index >= 15 is 0 Å². The molecule has 1 saturated carbocycles. The number of nitrogens with one attached hydrogen (secondary N) is 1. The number of amides is 1. The van der Waals surface area contributed by atoms with Crippen molar-refractivity contribution in [2.75, 3.05) is 6.54 Å². The summed E-state index contributed by atoms with van der Waals surface area (Å²) in [7, 11) is 0. The fourth-order valence-corrected chi connectivity index (χ4v) is 4.35. The monoisotopic (exact) mass is 401 g/mol. The number of imidazole rings is 1. The van der Waals surface area contributed by atoms with Crippen LogP contribution in [0.25, 0.3) is 17.1 Å². The summed E-state index contributed by atoms with van der Waals surface area (Å²) in [6.07, 6.45) is 11.9. The zero-order chi connectivity index (χ0) is 20.6. The summed E-state index contributed by atoms with van der Waals surface area (Å²) in [6.45, 7) is 1.51. The second-order valence-electron chi connectivity index (χ2n) is 8.17. The number of allylic oxidation sites excluding steroid dienone is 1. The molecule has 1 aliphatic rings. The summed E-state index contributed by atoms with van der Waals surface area (Å²) in [4.78, 5) is 17.2. The second kappa shape index (κ2) is 10.2. The molecule has 3 aromatic rings. The van der Waals surface area contributed by atoms with Crippen molar-refractivity contribution in [3.63, 3.8) is 0 Å². The minimum absolute atomic E-state index is 0.228. The molecule has 1 aliphatic carbocycles. The van der Waals surface area contributed by atoms with Gasteiger partial charge in [0.2, 0.25) is 5.91 Å². The van der Waals surface area contributed by atoms with Crippen LogP contribution in [0, 0.1) is 5.92 Å². The average molecular weight is 402 g/mol. The third-order valence-corrected chi connectivity index (χ3v) is 5.98. The number of hydrogen-bond donors (Lipinski definition) is 1. The number of benzene rings is 2. The Kier molecular flexibility index (Phi) is 6.96. The molecule has 4 heteroatoms. The zero-order valence-corrected chi connectivity index (χ0v) is 17.6. The summed E-state index contributed by atoms with van der Waals surface area (Å²) < 4.78 is 2.29. The Morgan fingerprint density at radius 2 is 1.80 bits per heavy atom. The van der Waals surface area contributed by atoms with Gasteiger partial charge in [0.05, 0.1) is 11.0 Å². The summed E-state index contributed by atoms with van der Waals surface area (Å²) in [5, 5.41) is 3.15. The number of carbonyl (C=O) groups is 1. The first kappa shape index (κ1) is 20.4. The quantitative estimate of drug-likeness (QED) is 0.515. The largest absolute Gasteiger partial charge is 0.356 e. The van der Waals surface area contributed by atoms with E-state index in [1.54, 1.807) is 0 Å². The van der Waals surface area contributed by atoms with Crippen molar-refractivity contribution in [3.8, 4) is 0 Å². The molecule has 0 bridgehead atoms. The van der Waals surface area contributed by atoms with Crippen molar-refractivity contribution in [1.29, 1.82) is 0 Å². The molecule has 30 heavy (non-hydrogen) atoms. The van der Waals surface area contributed by atoms with E-state index < -0.39 is 0 Å². The lowest BCUT2D eigenvalue weighted by Crippen LogP contribution is -2.32. The number of aryl methyl sites for hydroxylation is 1. The van der Waals surface area contributed by atoms with Gasteiger partial charge in [-0.1, -0.05) is 73.9 Å². The van der Waals surface area contributed by atoms with Gasteiger partial charge in [0.1, 0.15) is 5.82 Å². The van der Waals surface area contributed by atoms with Gasteiger partial charge >= 0.3 is 0 Å². The summed E-state index contributed by atoms with van der Waals surface area (Å²) in [5.74, 6) is 1.56. The van der Waals surface area contributed by atoms with Crippen LogP contribution in [0.1, 0.15) is 49.9 Å². The Hall–Kier alpha value is -2.88. The van der Waals surface area contributed by atoms with E-state index in [1.165, 1.54) is 24.8 Å². The Bertz CT molecular complexity index is 984. The Morgan fingerprint density at radius 1 is 1.03 bits per heavy atom. The van der Waals surface area contributed by atoms with Crippen LogP contribution in [-0.2, 0) is 17.8 Å². The van der Waals surface area contributed by atoms with Gasteiger partial charge in [-0.15, -0.1) is 0 Å². The fourth-order valence-electron chi connectivity index (χ4n) is 4.35. The Morgan fingerprint density at radius 3 is 2.63 bits per heavy atom. The van der Waals surface area contributed by atoms with Crippen LogP contribution in [0.5, 0.6) is 0 Å². The minimum Gasteiger partial charge on any atom is -0.356 e. The van der Waals surface area contributed by atoms with Crippen molar-refractivity contribution in [2.24, 2.45) is 5.92 Å². The topological polar surface area (TPSA) is 46.9 Å². The molecule has 1 amide bonds. The molecule has 4 rings (SSSR count). The number of para-hydroxylation sites is 2. The van der Waals surface area contributed by atoms with Gasteiger partial charge < -0.3 is 9.88 Å². The number of rotatable bonds is 8. The van der Waals surface area contributed by atoms with Gasteiger partial charge in [0.15, 0.2) is 0 Å². The molecule has 1 aromatic heterocycles. The molecule has 0 aliphatic heterocycles. The van der Waals surface area contributed by atoms with Crippen molar-refractivity contribution in [2.45, 2.75) is 51.5 Å². The summed E-state index contributed by atoms with van der Waals surface area (Å²) in [5.41, 5.74) is 3.40. The first-order chi connectivity index (χ1) is 14.8. The number of fused-ring (bicyclic) bond motifs is 1. The van der Waals surface area contributed by atoms with E-state index in [0.29, 0.717) is 0 Å². The molecule has 1 heterocycles. The molecule has 1 N–H and O–H groups in total. The van der Waals surface area contributed by atoms with E-state index in [1.807, 2.05) is 12.1 Å². The molecule has 4 nitrogen and oxygen atoms in total. The van der Waals surface area contributed by atoms with Crippen LogP contribution in [0.2, 0.25) is 0 Å². The van der Waals surface area contributed by atoms with Gasteiger partial charge in [-0.05, 0) is 37.0 Å². The second-order valence-corrected chi connectivity index (χ2v) is 8.17. The van der Waals surface area contributed by atoms with E-state index in [-0.39, 0.29) is 11.8 Å². The first-order valence-electron chi connectivity index (χ1n) is 11.2. The highest BCUT2D eigenvalue weighted by atomic mass is 16.1. The van der Waals surface area contributed by atoms with Crippen LogP contribution in [0.3, 0.4) is 0 Å². The fraction of sp³-hybridized carbons (Fsp3) is 0.385. The van der Waals surface area contributed by atoms with E-state index in [2.05, 4.69) is 64.5 Å². The Labute approximate surface area is 179 Å². The molecular formula is C26H31N3O. The molecule has 0 atom stereocenters. The van der Waals surface area contributed by atoms with Crippen LogP contribution in [-0.4, -0.2) is 22.0 Å². The van der Waals surface area contributed by atoms with Crippen LogP contribution in [0.4, 0.5) is 0 Å².